The largest absolute Gasteiger partial charge is 0.490 e. The fourth-order valence-corrected chi connectivity index (χ4v) is 1.69. The fourth-order valence-electron chi connectivity index (χ4n) is 1.69. The van der Waals surface area contributed by atoms with Crippen molar-refractivity contribution >= 4 is 5.84 Å². The molecule has 1 aliphatic heterocycles. The molecule has 0 aromatic heterocycles. The van der Waals surface area contributed by atoms with Crippen LogP contribution in [0.25, 0.3) is 0 Å². The summed E-state index contributed by atoms with van der Waals surface area (Å²) in [4.78, 5) is 4.12. The minimum absolute atomic E-state index is 0.169. The molecule has 1 N–H and O–H groups in total. The number of aliphatic imine (C=N–C) groups is 1. The minimum atomic E-state index is -4.32. The van der Waals surface area contributed by atoms with Crippen LogP contribution in [-0.4, -0.2) is 38.9 Å². The number of allylic oxidation sites excluding steroid dienone is 1. The summed E-state index contributed by atoms with van der Waals surface area (Å²) in [5, 5.41) is 3.02. The van der Waals surface area contributed by atoms with Gasteiger partial charge in [-0.15, -0.1) is 0 Å². The normalized spacial score (nSPS) is 21.6. The third-order valence-corrected chi connectivity index (χ3v) is 2.70. The summed E-state index contributed by atoms with van der Waals surface area (Å²) >= 11 is 0. The van der Waals surface area contributed by atoms with E-state index in [0.717, 1.165) is 18.5 Å². The predicted octanol–water partition coefficient (Wildman–Crippen LogP) is 2.47. The molecule has 7 heteroatoms. The zero-order chi connectivity index (χ0) is 14.3. The quantitative estimate of drug-likeness (QED) is 0.478. The highest BCUT2D eigenvalue weighted by Crippen LogP contribution is 2.16. The van der Waals surface area contributed by atoms with E-state index in [1.165, 1.54) is 0 Å². The average molecular weight is 280 g/mol. The molecule has 19 heavy (non-hydrogen) atoms. The monoisotopic (exact) mass is 280 g/mol. The van der Waals surface area contributed by atoms with Crippen molar-refractivity contribution in [2.45, 2.75) is 25.9 Å². The van der Waals surface area contributed by atoms with Gasteiger partial charge in [-0.2, -0.15) is 13.2 Å². The van der Waals surface area contributed by atoms with E-state index in [1.807, 2.05) is 6.92 Å². The zero-order valence-electron chi connectivity index (χ0n) is 11.1. The second-order valence-corrected chi connectivity index (χ2v) is 4.22. The first-order valence-electron chi connectivity index (χ1n) is 6.15. The topological polar surface area (TPSA) is 42.8 Å². The molecule has 1 atom stereocenters. The van der Waals surface area contributed by atoms with Crippen molar-refractivity contribution in [3.63, 3.8) is 0 Å². The smallest absolute Gasteiger partial charge is 0.422 e. The Bertz CT molecular complexity index is 334. The molecule has 0 saturated carbocycles. The van der Waals surface area contributed by atoms with Crippen LogP contribution in [0.1, 0.15) is 19.8 Å². The summed E-state index contributed by atoms with van der Waals surface area (Å²) in [6, 6.07) is 0. The molecule has 0 aromatic carbocycles. The van der Waals surface area contributed by atoms with Crippen LogP contribution in [0.2, 0.25) is 0 Å². The lowest BCUT2D eigenvalue weighted by Gasteiger charge is -2.16. The van der Waals surface area contributed by atoms with Crippen LogP contribution in [0.4, 0.5) is 13.2 Å². The van der Waals surface area contributed by atoms with Gasteiger partial charge in [0.15, 0.2) is 6.61 Å². The molecular weight excluding hydrogens is 261 g/mol. The van der Waals surface area contributed by atoms with Gasteiger partial charge in [0, 0.05) is 19.6 Å². The van der Waals surface area contributed by atoms with Crippen LogP contribution >= 0.6 is 0 Å². The third kappa shape index (κ3) is 5.96. The highest BCUT2D eigenvalue weighted by molar-refractivity contribution is 5.86. The lowest BCUT2D eigenvalue weighted by Crippen LogP contribution is -2.31. The van der Waals surface area contributed by atoms with E-state index in [0.29, 0.717) is 25.3 Å². The van der Waals surface area contributed by atoms with Crippen molar-refractivity contribution in [1.82, 2.24) is 5.32 Å². The molecule has 1 unspecified atom stereocenters. The summed E-state index contributed by atoms with van der Waals surface area (Å²) in [6.45, 7) is 1.80. The van der Waals surface area contributed by atoms with Crippen molar-refractivity contribution in [3.8, 4) is 0 Å². The van der Waals surface area contributed by atoms with Crippen molar-refractivity contribution in [3.05, 3.63) is 12.0 Å². The van der Waals surface area contributed by atoms with Crippen LogP contribution in [0.5, 0.6) is 0 Å². The van der Waals surface area contributed by atoms with Crippen LogP contribution in [0, 0.1) is 5.92 Å². The molecule has 4 nitrogen and oxygen atoms in total. The van der Waals surface area contributed by atoms with Crippen LogP contribution in [0.3, 0.4) is 0 Å². The van der Waals surface area contributed by atoms with Crippen LogP contribution < -0.4 is 5.32 Å². The Morgan fingerprint density at radius 3 is 2.74 bits per heavy atom. The Labute approximate surface area is 110 Å². The second kappa shape index (κ2) is 7.37. The van der Waals surface area contributed by atoms with Crippen molar-refractivity contribution in [2.75, 3.05) is 26.9 Å². The molecule has 1 heterocycles. The van der Waals surface area contributed by atoms with Crippen molar-refractivity contribution < 1.29 is 22.6 Å². The maximum atomic E-state index is 12.0. The summed E-state index contributed by atoms with van der Waals surface area (Å²) < 4.78 is 45.7. The lowest BCUT2D eigenvalue weighted by atomic mass is 10.1. The van der Waals surface area contributed by atoms with E-state index in [9.17, 15) is 13.2 Å². The molecule has 1 rings (SSSR count). The van der Waals surface area contributed by atoms with Crippen LogP contribution in [0.15, 0.2) is 17.0 Å². The van der Waals surface area contributed by atoms with Gasteiger partial charge < -0.3 is 14.8 Å². The molecule has 1 aliphatic rings. The van der Waals surface area contributed by atoms with Crippen molar-refractivity contribution in [1.29, 1.82) is 0 Å². The maximum Gasteiger partial charge on any atom is 0.422 e. The standard InChI is InChI=1S/C12H19F3N2O2/c1-3-10(7-19-8-12(13,14)15)17-11(16-2)9-4-5-18-6-9/h7,9H,3-6,8H2,1-2H3,(H,16,17)/b10-7-. The first kappa shape index (κ1) is 15.8. The van der Waals surface area contributed by atoms with E-state index in [-0.39, 0.29) is 5.92 Å². The van der Waals surface area contributed by atoms with E-state index in [1.54, 1.807) is 7.05 Å². The van der Waals surface area contributed by atoms with Gasteiger partial charge in [0.1, 0.15) is 12.1 Å². The summed E-state index contributed by atoms with van der Waals surface area (Å²) in [5.74, 6) is 0.892. The number of nitrogens with one attached hydrogen (secondary N) is 1. The Morgan fingerprint density at radius 2 is 2.26 bits per heavy atom. The number of hydrogen-bond donors (Lipinski definition) is 1. The number of amidine groups is 1. The first-order chi connectivity index (χ1) is 8.96. The summed E-state index contributed by atoms with van der Waals surface area (Å²) in [5.41, 5.74) is 0.566. The highest BCUT2D eigenvalue weighted by atomic mass is 19.4. The third-order valence-electron chi connectivity index (χ3n) is 2.70. The van der Waals surface area contributed by atoms with Gasteiger partial charge >= 0.3 is 6.18 Å². The molecule has 0 radical (unpaired) electrons. The van der Waals surface area contributed by atoms with Gasteiger partial charge in [-0.25, -0.2) is 0 Å². The molecular formula is C12H19F3N2O2. The van der Waals surface area contributed by atoms with E-state index < -0.39 is 12.8 Å². The summed E-state index contributed by atoms with van der Waals surface area (Å²) in [6.07, 6.45) is -1.82. The summed E-state index contributed by atoms with van der Waals surface area (Å²) in [7, 11) is 1.64. The molecule has 1 fully saturated rings. The van der Waals surface area contributed by atoms with Gasteiger partial charge in [-0.1, -0.05) is 6.92 Å². The van der Waals surface area contributed by atoms with Crippen molar-refractivity contribution in [2.24, 2.45) is 10.9 Å². The predicted molar refractivity (Wildman–Crippen MR) is 65.8 cm³/mol. The lowest BCUT2D eigenvalue weighted by molar-refractivity contribution is -0.161. The average Bonchev–Trinajstić information content (AvgIpc) is 2.85. The van der Waals surface area contributed by atoms with Gasteiger partial charge in [0.05, 0.1) is 12.3 Å². The number of halogens is 3. The number of rotatable bonds is 5. The minimum Gasteiger partial charge on any atom is -0.490 e. The molecule has 0 bridgehead atoms. The Hall–Kier alpha value is -1.24. The van der Waals surface area contributed by atoms with Crippen LogP contribution in [-0.2, 0) is 9.47 Å². The van der Waals surface area contributed by atoms with Gasteiger partial charge in [-0.05, 0) is 12.8 Å². The number of ether oxygens (including phenoxy) is 2. The van der Waals surface area contributed by atoms with Gasteiger partial charge in [0.25, 0.3) is 0 Å². The molecule has 0 amide bonds. The Kier molecular flexibility index (Phi) is 6.14. The maximum absolute atomic E-state index is 12.0. The number of alkyl halides is 3. The van der Waals surface area contributed by atoms with Gasteiger partial charge in [0.2, 0.25) is 0 Å². The second-order valence-electron chi connectivity index (χ2n) is 4.22. The Balaban J connectivity index is 2.52. The molecule has 0 aliphatic carbocycles. The molecule has 1 saturated heterocycles. The van der Waals surface area contributed by atoms with E-state index in [2.05, 4.69) is 15.0 Å². The fraction of sp³-hybridized carbons (Fsp3) is 0.750. The number of nitrogens with zero attached hydrogens (tertiary/aromatic N) is 1. The first-order valence-corrected chi connectivity index (χ1v) is 6.15. The highest BCUT2D eigenvalue weighted by Gasteiger charge is 2.28. The van der Waals surface area contributed by atoms with E-state index in [4.69, 9.17) is 4.74 Å². The van der Waals surface area contributed by atoms with Gasteiger partial charge in [-0.3, -0.25) is 4.99 Å². The Morgan fingerprint density at radius 1 is 1.53 bits per heavy atom. The zero-order valence-corrected chi connectivity index (χ0v) is 11.1. The molecule has 110 valence electrons. The molecule has 0 aromatic rings. The number of hydrogen-bond acceptors (Lipinski definition) is 3. The molecule has 0 spiro atoms. The van der Waals surface area contributed by atoms with E-state index >= 15 is 0 Å². The SMILES string of the molecule is CC/C(=C/OCC(F)(F)F)NC(=NC)C1CCOC1.